The van der Waals surface area contributed by atoms with Gasteiger partial charge in [0.25, 0.3) is 6.43 Å². The third kappa shape index (κ3) is 1.23. The van der Waals surface area contributed by atoms with Gasteiger partial charge in [-0.1, -0.05) is 0 Å². The number of hydrogen-bond donors (Lipinski definition) is 1. The van der Waals surface area contributed by atoms with Gasteiger partial charge in [0.2, 0.25) is 0 Å². The molecule has 0 fully saturated rings. The highest BCUT2D eigenvalue weighted by Gasteiger charge is 2.16. The smallest absolute Gasteiger partial charge is 0.295 e. The normalized spacial score (nSPS) is 11.5. The number of alkyl halides is 2. The van der Waals surface area contributed by atoms with Crippen LogP contribution in [0.3, 0.4) is 0 Å². The maximum absolute atomic E-state index is 13.0. The number of imidazole rings is 1. The maximum Gasteiger partial charge on any atom is 0.295 e. The lowest BCUT2D eigenvalue weighted by Crippen LogP contribution is -1.86. The number of hydrogen-bond acceptors (Lipinski definition) is 1. The first kappa shape index (κ1) is 8.98. The van der Waals surface area contributed by atoms with E-state index in [1.807, 2.05) is 0 Å². The van der Waals surface area contributed by atoms with Crippen LogP contribution in [0.1, 0.15) is 12.2 Å². The van der Waals surface area contributed by atoms with Crippen LogP contribution < -0.4 is 0 Å². The summed E-state index contributed by atoms with van der Waals surface area (Å²) in [5, 5.41) is 0. The Bertz CT molecular complexity index is 477. The molecule has 2 nitrogen and oxygen atoms in total. The number of nitrogens with one attached hydrogen (secondary N) is 1. The van der Waals surface area contributed by atoms with Gasteiger partial charge >= 0.3 is 0 Å². The van der Waals surface area contributed by atoms with E-state index in [0.29, 0.717) is 0 Å². The van der Waals surface area contributed by atoms with E-state index in [2.05, 4.69) is 9.97 Å². The van der Waals surface area contributed by atoms with Crippen molar-refractivity contribution in [3.63, 3.8) is 0 Å². The van der Waals surface area contributed by atoms with Crippen LogP contribution >= 0.6 is 0 Å². The Hall–Kier alpha value is -1.59. The zero-order valence-corrected chi connectivity index (χ0v) is 6.69. The zero-order valence-electron chi connectivity index (χ0n) is 6.69. The van der Waals surface area contributed by atoms with Crippen molar-refractivity contribution >= 4 is 11.0 Å². The van der Waals surface area contributed by atoms with Crippen molar-refractivity contribution in [1.82, 2.24) is 9.97 Å². The molecule has 0 radical (unpaired) electrons. The van der Waals surface area contributed by atoms with Crippen LogP contribution in [0.4, 0.5) is 17.6 Å². The third-order valence-electron chi connectivity index (χ3n) is 1.77. The number of aromatic nitrogens is 2. The SMILES string of the molecule is Fc1ccc2[nH]c(C(F)F)nc2c1F. The summed E-state index contributed by atoms with van der Waals surface area (Å²) in [6.45, 7) is 0. The van der Waals surface area contributed by atoms with Crippen LogP contribution in [-0.4, -0.2) is 9.97 Å². The molecule has 0 aliphatic heterocycles. The van der Waals surface area contributed by atoms with Crippen LogP contribution in [0.15, 0.2) is 12.1 Å². The third-order valence-corrected chi connectivity index (χ3v) is 1.77. The molecule has 0 spiro atoms. The van der Waals surface area contributed by atoms with Crippen molar-refractivity contribution in [2.45, 2.75) is 6.43 Å². The van der Waals surface area contributed by atoms with Crippen LogP contribution in [0.5, 0.6) is 0 Å². The molecule has 0 saturated carbocycles. The fourth-order valence-electron chi connectivity index (χ4n) is 1.14. The molecule has 0 aliphatic carbocycles. The highest BCUT2D eigenvalue weighted by molar-refractivity contribution is 5.75. The van der Waals surface area contributed by atoms with Crippen molar-refractivity contribution in [3.8, 4) is 0 Å². The summed E-state index contributed by atoms with van der Waals surface area (Å²) in [6.07, 6.45) is -2.83. The second-order valence-corrected chi connectivity index (χ2v) is 2.68. The molecule has 0 atom stereocenters. The van der Waals surface area contributed by atoms with Gasteiger partial charge < -0.3 is 4.98 Å². The molecule has 1 aromatic carbocycles. The second-order valence-electron chi connectivity index (χ2n) is 2.68. The van der Waals surface area contributed by atoms with Gasteiger partial charge in [-0.05, 0) is 12.1 Å². The Labute approximate surface area is 75.6 Å². The van der Waals surface area contributed by atoms with Gasteiger partial charge in [-0.2, -0.15) is 0 Å². The number of nitrogens with zero attached hydrogens (tertiary/aromatic N) is 1. The topological polar surface area (TPSA) is 28.7 Å². The molecule has 2 aromatic rings. The summed E-state index contributed by atoms with van der Waals surface area (Å²) in [4.78, 5) is 5.45. The molecule has 0 aliphatic rings. The number of H-pyrrole nitrogens is 1. The lowest BCUT2D eigenvalue weighted by Gasteiger charge is -1.91. The van der Waals surface area contributed by atoms with E-state index >= 15 is 0 Å². The molecule has 0 saturated heterocycles. The molecule has 1 N–H and O–H groups in total. The van der Waals surface area contributed by atoms with Crippen LogP contribution in [0, 0.1) is 11.6 Å². The largest absolute Gasteiger partial charge is 0.337 e. The molecular formula is C8H4F4N2. The van der Waals surface area contributed by atoms with Gasteiger partial charge in [0.15, 0.2) is 17.5 Å². The summed E-state index contributed by atoms with van der Waals surface area (Å²) in [5.41, 5.74) is -0.348. The van der Waals surface area contributed by atoms with Crippen LogP contribution in [0.25, 0.3) is 11.0 Å². The van der Waals surface area contributed by atoms with Gasteiger partial charge in [-0.25, -0.2) is 22.5 Å². The van der Waals surface area contributed by atoms with E-state index in [4.69, 9.17) is 0 Å². The summed E-state index contributed by atoms with van der Waals surface area (Å²) in [6, 6.07) is 2.01. The minimum Gasteiger partial charge on any atom is -0.337 e. The zero-order chi connectivity index (χ0) is 10.3. The predicted octanol–water partition coefficient (Wildman–Crippen LogP) is 2.78. The number of fused-ring (bicyclic) bond motifs is 1. The summed E-state index contributed by atoms with van der Waals surface area (Å²) < 4.78 is 49.9. The molecule has 2 rings (SSSR count). The van der Waals surface area contributed by atoms with Gasteiger partial charge in [0, 0.05) is 0 Å². The standard InChI is InChI=1S/C8H4F4N2/c9-3-1-2-4-6(5(3)10)14-8(13-4)7(11)12/h1-2,7H,(H,13,14). The molecule has 1 aromatic heterocycles. The molecule has 0 unspecified atom stereocenters. The fraction of sp³-hybridized carbons (Fsp3) is 0.125. The fourth-order valence-corrected chi connectivity index (χ4v) is 1.14. The van der Waals surface area contributed by atoms with Crippen LogP contribution in [0.2, 0.25) is 0 Å². The molecular weight excluding hydrogens is 200 g/mol. The lowest BCUT2D eigenvalue weighted by molar-refractivity contribution is 0.142. The Morgan fingerprint density at radius 3 is 2.57 bits per heavy atom. The maximum atomic E-state index is 13.0. The second kappa shape index (κ2) is 2.97. The molecule has 0 bridgehead atoms. The number of aromatic amines is 1. The molecule has 74 valence electrons. The van der Waals surface area contributed by atoms with Gasteiger partial charge in [0.05, 0.1) is 5.52 Å². The van der Waals surface area contributed by atoms with E-state index < -0.39 is 29.4 Å². The molecule has 0 amide bonds. The first-order valence-corrected chi connectivity index (χ1v) is 3.71. The quantitative estimate of drug-likeness (QED) is 0.711. The Morgan fingerprint density at radius 1 is 1.21 bits per heavy atom. The van der Waals surface area contributed by atoms with Gasteiger partial charge in [-0.15, -0.1) is 0 Å². The highest BCUT2D eigenvalue weighted by atomic mass is 19.3. The average Bonchev–Trinajstić information content (AvgIpc) is 2.56. The van der Waals surface area contributed by atoms with E-state index in [0.717, 1.165) is 12.1 Å². The minimum absolute atomic E-state index is 0.0548. The first-order valence-electron chi connectivity index (χ1n) is 3.71. The summed E-state index contributed by atoms with van der Waals surface area (Å²) >= 11 is 0. The Kier molecular flexibility index (Phi) is 1.90. The number of benzene rings is 1. The van der Waals surface area contributed by atoms with Gasteiger partial charge in [-0.3, -0.25) is 0 Å². The van der Waals surface area contributed by atoms with Crippen molar-refractivity contribution in [2.75, 3.05) is 0 Å². The first-order chi connectivity index (χ1) is 6.59. The predicted molar refractivity (Wildman–Crippen MR) is 41.0 cm³/mol. The van der Waals surface area contributed by atoms with Crippen molar-refractivity contribution in [1.29, 1.82) is 0 Å². The highest BCUT2D eigenvalue weighted by Crippen LogP contribution is 2.22. The summed E-state index contributed by atoms with van der Waals surface area (Å²) in [5.74, 6) is -2.99. The van der Waals surface area contributed by atoms with Crippen molar-refractivity contribution in [3.05, 3.63) is 29.6 Å². The van der Waals surface area contributed by atoms with E-state index in [1.54, 1.807) is 0 Å². The van der Waals surface area contributed by atoms with Crippen molar-refractivity contribution < 1.29 is 17.6 Å². The van der Waals surface area contributed by atoms with E-state index in [-0.39, 0.29) is 5.52 Å². The molecule has 14 heavy (non-hydrogen) atoms. The Morgan fingerprint density at radius 2 is 1.93 bits per heavy atom. The number of halogens is 4. The lowest BCUT2D eigenvalue weighted by atomic mass is 10.3. The van der Waals surface area contributed by atoms with Gasteiger partial charge in [0.1, 0.15) is 5.52 Å². The van der Waals surface area contributed by atoms with E-state index in [9.17, 15) is 17.6 Å². The average molecular weight is 204 g/mol. The summed E-state index contributed by atoms with van der Waals surface area (Å²) in [7, 11) is 0. The monoisotopic (exact) mass is 204 g/mol. The van der Waals surface area contributed by atoms with E-state index in [1.165, 1.54) is 0 Å². The molecule has 1 heterocycles. The number of rotatable bonds is 1. The van der Waals surface area contributed by atoms with Crippen LogP contribution in [-0.2, 0) is 0 Å². The van der Waals surface area contributed by atoms with Crippen molar-refractivity contribution in [2.24, 2.45) is 0 Å². The minimum atomic E-state index is -2.83. The Balaban J connectivity index is 2.71. The molecule has 6 heteroatoms.